The minimum Gasteiger partial charge on any atom is -0.497 e. The van der Waals surface area contributed by atoms with Crippen LogP contribution in [0.25, 0.3) is 0 Å². The lowest BCUT2D eigenvalue weighted by atomic mass is 10.1. The number of hydrogen-bond donors (Lipinski definition) is 1. The van der Waals surface area contributed by atoms with Gasteiger partial charge in [-0.05, 0) is 74.7 Å². The van der Waals surface area contributed by atoms with Crippen molar-refractivity contribution >= 4 is 39.1 Å². The van der Waals surface area contributed by atoms with E-state index in [-0.39, 0.29) is 23.0 Å². The lowest BCUT2D eigenvalue weighted by Gasteiger charge is -2.32. The Morgan fingerprint density at radius 3 is 2.27 bits per heavy atom. The van der Waals surface area contributed by atoms with E-state index in [2.05, 4.69) is 5.32 Å². The normalized spacial score (nSPS) is 12.0. The Hall–Kier alpha value is -3.56. The highest BCUT2D eigenvalue weighted by Crippen LogP contribution is 2.30. The highest BCUT2D eigenvalue weighted by atomic mass is 35.5. The van der Waals surface area contributed by atoms with E-state index in [1.807, 2.05) is 26.0 Å². The van der Waals surface area contributed by atoms with Crippen molar-refractivity contribution < 1.29 is 22.7 Å². The molecule has 0 aromatic heterocycles. The van der Waals surface area contributed by atoms with Crippen molar-refractivity contribution in [3.8, 4) is 5.75 Å². The van der Waals surface area contributed by atoms with Gasteiger partial charge in [0.15, 0.2) is 0 Å². The van der Waals surface area contributed by atoms with E-state index in [0.717, 1.165) is 28.3 Å². The maximum atomic E-state index is 14.0. The van der Waals surface area contributed by atoms with E-state index in [0.29, 0.717) is 22.9 Å². The highest BCUT2D eigenvalue weighted by Gasteiger charge is 2.33. The van der Waals surface area contributed by atoms with Gasteiger partial charge in [-0.25, -0.2) is 8.42 Å². The Balaban J connectivity index is 2.03. The number of rotatable bonds is 13. The number of carbonyl (C=O) groups excluding carboxylic acids is 2. The molecule has 0 radical (unpaired) electrons. The zero-order valence-corrected chi connectivity index (χ0v) is 25.8. The van der Waals surface area contributed by atoms with Gasteiger partial charge in [-0.2, -0.15) is 0 Å². The standard InChI is InChI=1S/C31H38ClN3O5S/c1-6-7-18-33-31(37)24(4)34(20-25-11-14-27(40-5)15-12-25)30(36)21-35(29-19-26(32)13-10-23(29)3)41(38,39)28-16-8-22(2)9-17-28/h8-17,19,24H,6-7,18,20-21H2,1-5H3,(H,33,37)/t24-/m1/s1. The summed E-state index contributed by atoms with van der Waals surface area (Å²) >= 11 is 6.28. The molecule has 0 aliphatic rings. The van der Waals surface area contributed by atoms with Crippen LogP contribution in [0.1, 0.15) is 43.4 Å². The number of carbonyl (C=O) groups is 2. The van der Waals surface area contributed by atoms with E-state index >= 15 is 0 Å². The van der Waals surface area contributed by atoms with Crippen molar-refractivity contribution in [2.75, 3.05) is 24.5 Å². The molecule has 3 aromatic rings. The molecule has 1 N–H and O–H groups in total. The molecule has 3 aromatic carbocycles. The molecule has 3 rings (SSSR count). The van der Waals surface area contributed by atoms with Crippen molar-refractivity contribution in [3.05, 3.63) is 88.4 Å². The molecule has 0 saturated carbocycles. The molecule has 220 valence electrons. The number of amides is 2. The van der Waals surface area contributed by atoms with Crippen molar-refractivity contribution in [1.82, 2.24) is 10.2 Å². The molecule has 41 heavy (non-hydrogen) atoms. The SMILES string of the molecule is CCCCNC(=O)[C@@H](C)N(Cc1ccc(OC)cc1)C(=O)CN(c1cc(Cl)ccc1C)S(=O)(=O)c1ccc(C)cc1. The summed E-state index contributed by atoms with van der Waals surface area (Å²) in [6.07, 6.45) is 1.72. The molecule has 10 heteroatoms. The molecule has 0 unspecified atom stereocenters. The van der Waals surface area contributed by atoms with Crippen LogP contribution in [0.2, 0.25) is 5.02 Å². The third kappa shape index (κ3) is 8.24. The summed E-state index contributed by atoms with van der Waals surface area (Å²) in [7, 11) is -2.61. The minimum absolute atomic E-state index is 0.0438. The van der Waals surface area contributed by atoms with Gasteiger partial charge in [0.1, 0.15) is 18.3 Å². The Morgan fingerprint density at radius 2 is 1.66 bits per heavy atom. The Labute approximate surface area is 248 Å². The van der Waals surface area contributed by atoms with Crippen molar-refractivity contribution in [3.63, 3.8) is 0 Å². The number of benzene rings is 3. The van der Waals surface area contributed by atoms with E-state index in [1.165, 1.54) is 23.1 Å². The number of nitrogens with one attached hydrogen (secondary N) is 1. The fraction of sp³-hybridized carbons (Fsp3) is 0.355. The van der Waals surface area contributed by atoms with E-state index in [9.17, 15) is 18.0 Å². The Morgan fingerprint density at radius 1 is 1.00 bits per heavy atom. The number of unbranched alkanes of at least 4 members (excludes halogenated alkanes) is 1. The molecule has 0 saturated heterocycles. The number of hydrogen-bond acceptors (Lipinski definition) is 5. The molecule has 8 nitrogen and oxygen atoms in total. The van der Waals surface area contributed by atoms with Gasteiger partial charge >= 0.3 is 0 Å². The zero-order valence-electron chi connectivity index (χ0n) is 24.2. The lowest BCUT2D eigenvalue weighted by molar-refractivity contribution is -0.139. The first kappa shape index (κ1) is 32.0. The van der Waals surface area contributed by atoms with Crippen molar-refractivity contribution in [2.45, 2.75) is 58.0 Å². The van der Waals surface area contributed by atoms with Gasteiger partial charge in [0.2, 0.25) is 11.8 Å². The number of ether oxygens (including phenoxy) is 1. The monoisotopic (exact) mass is 599 g/mol. The third-order valence-electron chi connectivity index (χ3n) is 6.84. The quantitative estimate of drug-likeness (QED) is 0.262. The fourth-order valence-electron chi connectivity index (χ4n) is 4.25. The predicted octanol–water partition coefficient (Wildman–Crippen LogP) is 5.49. The molecule has 1 atom stereocenters. The summed E-state index contributed by atoms with van der Waals surface area (Å²) in [5.41, 5.74) is 2.58. The number of methoxy groups -OCH3 is 1. The number of nitrogens with zero attached hydrogens (tertiary/aromatic N) is 2. The summed E-state index contributed by atoms with van der Waals surface area (Å²) in [6, 6.07) is 17.6. The summed E-state index contributed by atoms with van der Waals surface area (Å²) in [5, 5.41) is 3.22. The second kappa shape index (κ2) is 14.4. The van der Waals surface area contributed by atoms with Crippen LogP contribution in [0.5, 0.6) is 5.75 Å². The number of aryl methyl sites for hydroxylation is 2. The minimum atomic E-state index is -4.17. The van der Waals surface area contributed by atoms with Crippen LogP contribution in [0.3, 0.4) is 0 Å². The highest BCUT2D eigenvalue weighted by molar-refractivity contribution is 7.92. The van der Waals surface area contributed by atoms with Crippen LogP contribution in [0.4, 0.5) is 5.69 Å². The average molecular weight is 600 g/mol. The van der Waals surface area contributed by atoms with Gasteiger partial charge in [-0.1, -0.05) is 60.8 Å². The van der Waals surface area contributed by atoms with Gasteiger partial charge in [0, 0.05) is 18.1 Å². The number of anilines is 1. The van der Waals surface area contributed by atoms with Gasteiger partial charge in [0.25, 0.3) is 10.0 Å². The molecule has 0 aliphatic heterocycles. The molecule has 0 heterocycles. The van der Waals surface area contributed by atoms with Crippen LogP contribution in [-0.4, -0.2) is 51.4 Å². The summed E-state index contributed by atoms with van der Waals surface area (Å²) in [4.78, 5) is 28.6. The predicted molar refractivity (Wildman–Crippen MR) is 163 cm³/mol. The molecule has 0 bridgehead atoms. The first-order valence-corrected chi connectivity index (χ1v) is 15.4. The van der Waals surface area contributed by atoms with Crippen LogP contribution >= 0.6 is 11.6 Å². The van der Waals surface area contributed by atoms with E-state index < -0.39 is 28.5 Å². The summed E-state index contributed by atoms with van der Waals surface area (Å²) in [5.74, 6) is -0.190. The average Bonchev–Trinajstić information content (AvgIpc) is 2.96. The van der Waals surface area contributed by atoms with E-state index in [4.69, 9.17) is 16.3 Å². The second-order valence-electron chi connectivity index (χ2n) is 9.95. The maximum absolute atomic E-state index is 14.0. The van der Waals surface area contributed by atoms with Crippen LogP contribution in [0, 0.1) is 13.8 Å². The third-order valence-corrected chi connectivity index (χ3v) is 8.85. The molecule has 0 spiro atoms. The fourth-order valence-corrected chi connectivity index (χ4v) is 5.89. The number of sulfonamides is 1. The summed E-state index contributed by atoms with van der Waals surface area (Å²) < 4.78 is 34.3. The topological polar surface area (TPSA) is 96.0 Å². The molecular formula is C31H38ClN3O5S. The van der Waals surface area contributed by atoms with Crippen LogP contribution in [-0.2, 0) is 26.2 Å². The molecule has 2 amide bonds. The lowest BCUT2D eigenvalue weighted by Crippen LogP contribution is -2.51. The first-order valence-electron chi connectivity index (χ1n) is 13.5. The largest absolute Gasteiger partial charge is 0.497 e. The first-order chi connectivity index (χ1) is 19.5. The zero-order chi connectivity index (χ0) is 30.2. The summed E-state index contributed by atoms with van der Waals surface area (Å²) in [6.45, 7) is 7.34. The molecule has 0 fully saturated rings. The van der Waals surface area contributed by atoms with E-state index in [1.54, 1.807) is 57.4 Å². The van der Waals surface area contributed by atoms with Crippen LogP contribution in [0.15, 0.2) is 71.6 Å². The smallest absolute Gasteiger partial charge is 0.264 e. The van der Waals surface area contributed by atoms with Gasteiger partial charge in [-0.15, -0.1) is 0 Å². The maximum Gasteiger partial charge on any atom is 0.264 e. The molecular weight excluding hydrogens is 562 g/mol. The Bertz CT molecular complexity index is 1440. The van der Waals surface area contributed by atoms with Gasteiger partial charge in [0.05, 0.1) is 17.7 Å². The van der Waals surface area contributed by atoms with Gasteiger partial charge in [-0.3, -0.25) is 13.9 Å². The van der Waals surface area contributed by atoms with Crippen LogP contribution < -0.4 is 14.4 Å². The van der Waals surface area contributed by atoms with Gasteiger partial charge < -0.3 is 15.0 Å². The Kier molecular flexibility index (Phi) is 11.2. The number of halogens is 1. The van der Waals surface area contributed by atoms with Crippen molar-refractivity contribution in [1.29, 1.82) is 0 Å². The van der Waals surface area contributed by atoms with Crippen molar-refractivity contribution in [2.24, 2.45) is 0 Å². The second-order valence-corrected chi connectivity index (χ2v) is 12.2. The molecule has 0 aliphatic carbocycles.